The van der Waals surface area contributed by atoms with Gasteiger partial charge in [0.1, 0.15) is 0 Å². The Kier molecular flexibility index (Phi) is 6.42. The summed E-state index contributed by atoms with van der Waals surface area (Å²) in [7, 11) is 0. The molecule has 0 unspecified atom stereocenters. The molecule has 1 aromatic carbocycles. The largest absolute Gasteiger partial charge is 0.351 e. The molecule has 0 aliphatic heterocycles. The number of aryl methyl sites for hydroxylation is 1. The lowest BCUT2D eigenvalue weighted by atomic mass is 10.2. The van der Waals surface area contributed by atoms with Gasteiger partial charge in [0.15, 0.2) is 5.82 Å². The second-order valence-corrected chi connectivity index (χ2v) is 5.65. The van der Waals surface area contributed by atoms with Gasteiger partial charge in [0.05, 0.1) is 11.3 Å². The van der Waals surface area contributed by atoms with Gasteiger partial charge in [-0.2, -0.15) is 4.98 Å². The van der Waals surface area contributed by atoms with Crippen LogP contribution >= 0.6 is 11.8 Å². The first kappa shape index (κ1) is 16.5. The van der Waals surface area contributed by atoms with E-state index in [0.717, 1.165) is 18.0 Å². The minimum Gasteiger partial charge on any atom is -0.351 e. The van der Waals surface area contributed by atoms with Gasteiger partial charge in [-0.25, -0.2) is 0 Å². The van der Waals surface area contributed by atoms with E-state index in [1.54, 1.807) is 6.92 Å². The number of carbonyl (C=O) groups is 1. The molecule has 6 nitrogen and oxygen atoms in total. The number of nitrogens with one attached hydrogen (secondary N) is 2. The fourth-order valence-corrected chi connectivity index (χ4v) is 2.74. The maximum Gasteiger partial charge on any atom is 0.252 e. The van der Waals surface area contributed by atoms with E-state index < -0.39 is 0 Å². The second-order valence-electron chi connectivity index (χ2n) is 4.63. The van der Waals surface area contributed by atoms with Crippen molar-refractivity contribution in [3.05, 3.63) is 41.5 Å². The van der Waals surface area contributed by atoms with Crippen LogP contribution in [-0.4, -0.2) is 35.7 Å². The van der Waals surface area contributed by atoms with Crippen molar-refractivity contribution in [2.24, 2.45) is 0 Å². The SMILES string of the molecule is CCNCCNC(=O)c1ccccc1SCc1nc(C)no1. The van der Waals surface area contributed by atoms with E-state index in [-0.39, 0.29) is 5.91 Å². The van der Waals surface area contributed by atoms with Gasteiger partial charge in [-0.15, -0.1) is 11.8 Å². The summed E-state index contributed by atoms with van der Waals surface area (Å²) in [4.78, 5) is 17.3. The Balaban J connectivity index is 1.95. The van der Waals surface area contributed by atoms with Gasteiger partial charge in [0, 0.05) is 18.0 Å². The molecule has 0 spiro atoms. The van der Waals surface area contributed by atoms with Crippen molar-refractivity contribution in [1.29, 1.82) is 0 Å². The van der Waals surface area contributed by atoms with Gasteiger partial charge in [-0.05, 0) is 25.6 Å². The van der Waals surface area contributed by atoms with Crippen molar-refractivity contribution in [3.8, 4) is 0 Å². The highest BCUT2D eigenvalue weighted by atomic mass is 32.2. The summed E-state index contributed by atoms with van der Waals surface area (Å²) in [5, 5.41) is 9.84. The molecule has 2 N–H and O–H groups in total. The van der Waals surface area contributed by atoms with E-state index in [0.29, 0.717) is 29.6 Å². The first-order chi connectivity index (χ1) is 10.7. The van der Waals surface area contributed by atoms with E-state index in [2.05, 4.69) is 20.8 Å². The molecule has 2 rings (SSSR count). The molecule has 1 amide bonds. The molecular formula is C15H20N4O2S. The Bertz CT molecular complexity index is 615. The molecule has 118 valence electrons. The standard InChI is InChI=1S/C15H20N4O2S/c1-3-16-8-9-17-15(20)12-6-4-5-7-13(12)22-10-14-18-11(2)19-21-14/h4-7,16H,3,8-10H2,1-2H3,(H,17,20). The van der Waals surface area contributed by atoms with E-state index in [1.807, 2.05) is 31.2 Å². The molecule has 0 atom stereocenters. The maximum absolute atomic E-state index is 12.2. The van der Waals surface area contributed by atoms with Crippen molar-refractivity contribution < 1.29 is 9.32 Å². The Morgan fingerprint density at radius 2 is 2.14 bits per heavy atom. The number of nitrogens with zero attached hydrogens (tertiary/aromatic N) is 2. The summed E-state index contributed by atoms with van der Waals surface area (Å²) < 4.78 is 5.09. The van der Waals surface area contributed by atoms with Crippen molar-refractivity contribution in [3.63, 3.8) is 0 Å². The van der Waals surface area contributed by atoms with Gasteiger partial charge in [0.2, 0.25) is 5.89 Å². The first-order valence-electron chi connectivity index (χ1n) is 7.20. The highest BCUT2D eigenvalue weighted by Gasteiger charge is 2.12. The molecule has 0 aliphatic carbocycles. The smallest absolute Gasteiger partial charge is 0.252 e. The zero-order valence-corrected chi connectivity index (χ0v) is 13.6. The predicted molar refractivity (Wildman–Crippen MR) is 85.9 cm³/mol. The lowest BCUT2D eigenvalue weighted by molar-refractivity contribution is 0.0951. The van der Waals surface area contributed by atoms with E-state index in [9.17, 15) is 4.79 Å². The summed E-state index contributed by atoms with van der Waals surface area (Å²) >= 11 is 1.51. The highest BCUT2D eigenvalue weighted by Crippen LogP contribution is 2.25. The number of rotatable bonds is 8. The third-order valence-corrected chi connectivity index (χ3v) is 3.95. The van der Waals surface area contributed by atoms with Crippen LogP contribution in [0, 0.1) is 6.92 Å². The number of thioether (sulfide) groups is 1. The number of likely N-dealkylation sites (N-methyl/N-ethyl adjacent to an activating group) is 1. The molecule has 2 aromatic rings. The Morgan fingerprint density at radius 3 is 2.86 bits per heavy atom. The lowest BCUT2D eigenvalue weighted by Crippen LogP contribution is -2.31. The number of aromatic nitrogens is 2. The monoisotopic (exact) mass is 320 g/mol. The van der Waals surface area contributed by atoms with Gasteiger partial charge in [0.25, 0.3) is 5.91 Å². The van der Waals surface area contributed by atoms with Crippen LogP contribution in [0.5, 0.6) is 0 Å². The quantitative estimate of drug-likeness (QED) is 0.572. The minimum atomic E-state index is -0.0669. The van der Waals surface area contributed by atoms with Crippen LogP contribution in [0.2, 0.25) is 0 Å². The van der Waals surface area contributed by atoms with Crippen LogP contribution in [-0.2, 0) is 5.75 Å². The zero-order chi connectivity index (χ0) is 15.8. The second kappa shape index (κ2) is 8.55. The fraction of sp³-hybridized carbons (Fsp3) is 0.400. The summed E-state index contributed by atoms with van der Waals surface area (Å²) in [6.07, 6.45) is 0. The predicted octanol–water partition coefficient (Wildman–Crippen LogP) is 2.01. The number of hydrogen-bond acceptors (Lipinski definition) is 6. The number of carbonyl (C=O) groups excluding carboxylic acids is 1. The summed E-state index contributed by atoms with van der Waals surface area (Å²) in [6.45, 7) is 6.08. The van der Waals surface area contributed by atoms with Gasteiger partial charge in [-0.3, -0.25) is 4.79 Å². The molecular weight excluding hydrogens is 300 g/mol. The van der Waals surface area contributed by atoms with E-state index in [1.165, 1.54) is 11.8 Å². The van der Waals surface area contributed by atoms with Crippen LogP contribution in [0.3, 0.4) is 0 Å². The Morgan fingerprint density at radius 1 is 1.32 bits per heavy atom. The normalized spacial score (nSPS) is 10.6. The van der Waals surface area contributed by atoms with E-state index >= 15 is 0 Å². The molecule has 22 heavy (non-hydrogen) atoms. The third-order valence-electron chi connectivity index (χ3n) is 2.89. The third kappa shape index (κ3) is 4.85. The molecule has 0 aliphatic rings. The summed E-state index contributed by atoms with van der Waals surface area (Å²) in [6, 6.07) is 7.52. The molecule has 1 heterocycles. The lowest BCUT2D eigenvalue weighted by Gasteiger charge is -2.09. The minimum absolute atomic E-state index is 0.0669. The summed E-state index contributed by atoms with van der Waals surface area (Å²) in [5.74, 6) is 1.65. The number of benzene rings is 1. The fourth-order valence-electron chi connectivity index (χ4n) is 1.85. The Hall–Kier alpha value is -1.86. The molecule has 1 aromatic heterocycles. The zero-order valence-electron chi connectivity index (χ0n) is 12.8. The van der Waals surface area contributed by atoms with Crippen molar-refractivity contribution in [2.75, 3.05) is 19.6 Å². The molecule has 0 saturated heterocycles. The van der Waals surface area contributed by atoms with Gasteiger partial charge in [-0.1, -0.05) is 24.2 Å². The van der Waals surface area contributed by atoms with Crippen molar-refractivity contribution in [1.82, 2.24) is 20.8 Å². The van der Waals surface area contributed by atoms with Crippen LogP contribution in [0.4, 0.5) is 0 Å². The number of amides is 1. The molecule has 0 fully saturated rings. The molecule has 0 bridgehead atoms. The first-order valence-corrected chi connectivity index (χ1v) is 8.19. The van der Waals surface area contributed by atoms with Crippen molar-refractivity contribution >= 4 is 17.7 Å². The van der Waals surface area contributed by atoms with Crippen LogP contribution in [0.25, 0.3) is 0 Å². The van der Waals surface area contributed by atoms with Crippen molar-refractivity contribution in [2.45, 2.75) is 24.5 Å². The summed E-state index contributed by atoms with van der Waals surface area (Å²) in [5.41, 5.74) is 0.667. The van der Waals surface area contributed by atoms with Gasteiger partial charge < -0.3 is 15.2 Å². The Labute approximate surface area is 134 Å². The molecule has 7 heteroatoms. The van der Waals surface area contributed by atoms with Crippen LogP contribution in [0.1, 0.15) is 29.0 Å². The van der Waals surface area contributed by atoms with Crippen LogP contribution < -0.4 is 10.6 Å². The average Bonchev–Trinajstić information content (AvgIpc) is 2.95. The highest BCUT2D eigenvalue weighted by molar-refractivity contribution is 7.98. The van der Waals surface area contributed by atoms with Crippen LogP contribution in [0.15, 0.2) is 33.7 Å². The van der Waals surface area contributed by atoms with E-state index in [4.69, 9.17) is 4.52 Å². The topological polar surface area (TPSA) is 80.0 Å². The van der Waals surface area contributed by atoms with Gasteiger partial charge >= 0.3 is 0 Å². The maximum atomic E-state index is 12.2. The molecule has 0 saturated carbocycles. The average molecular weight is 320 g/mol. The number of hydrogen-bond donors (Lipinski definition) is 2. The molecule has 0 radical (unpaired) electrons.